The standard InChI is InChI=1S/C20H25N3O2/c1-15-4-3-5-16(12-15)8-10-22-20(21-2)23-11-9-17-6-7-18-19(13-17)25-14-24-18/h3-7,12-13H,8-11,14H2,1-2H3,(H2,21,22,23). The molecule has 25 heavy (non-hydrogen) atoms. The van der Waals surface area contributed by atoms with E-state index in [-0.39, 0.29) is 0 Å². The Morgan fingerprint density at radius 1 is 0.960 bits per heavy atom. The minimum atomic E-state index is 0.314. The van der Waals surface area contributed by atoms with Crippen molar-refractivity contribution in [2.24, 2.45) is 4.99 Å². The van der Waals surface area contributed by atoms with Crippen molar-refractivity contribution in [1.29, 1.82) is 0 Å². The highest BCUT2D eigenvalue weighted by molar-refractivity contribution is 5.79. The van der Waals surface area contributed by atoms with Gasteiger partial charge in [0.25, 0.3) is 0 Å². The van der Waals surface area contributed by atoms with Crippen LogP contribution < -0.4 is 20.1 Å². The number of rotatable bonds is 6. The van der Waals surface area contributed by atoms with Gasteiger partial charge in [0.2, 0.25) is 6.79 Å². The molecule has 0 atom stereocenters. The van der Waals surface area contributed by atoms with Crippen molar-refractivity contribution in [1.82, 2.24) is 10.6 Å². The average Bonchev–Trinajstić information content (AvgIpc) is 3.08. The lowest BCUT2D eigenvalue weighted by molar-refractivity contribution is 0.174. The van der Waals surface area contributed by atoms with Gasteiger partial charge in [-0.3, -0.25) is 4.99 Å². The molecule has 0 saturated carbocycles. The smallest absolute Gasteiger partial charge is 0.231 e. The van der Waals surface area contributed by atoms with Gasteiger partial charge in [0.05, 0.1) is 0 Å². The lowest BCUT2D eigenvalue weighted by atomic mass is 10.1. The van der Waals surface area contributed by atoms with E-state index in [4.69, 9.17) is 9.47 Å². The summed E-state index contributed by atoms with van der Waals surface area (Å²) in [5, 5.41) is 6.71. The number of nitrogens with zero attached hydrogens (tertiary/aromatic N) is 1. The first-order chi connectivity index (χ1) is 12.2. The number of guanidine groups is 1. The molecule has 0 fully saturated rings. The van der Waals surface area contributed by atoms with Crippen LogP contribution in [-0.2, 0) is 12.8 Å². The first kappa shape index (κ1) is 17.1. The van der Waals surface area contributed by atoms with Crippen molar-refractivity contribution in [2.75, 3.05) is 26.9 Å². The van der Waals surface area contributed by atoms with Gasteiger partial charge in [-0.2, -0.15) is 0 Å². The zero-order chi connectivity index (χ0) is 17.5. The second-order valence-corrected chi connectivity index (χ2v) is 6.10. The van der Waals surface area contributed by atoms with Gasteiger partial charge in [0.1, 0.15) is 0 Å². The van der Waals surface area contributed by atoms with Crippen LogP contribution in [0.25, 0.3) is 0 Å². The number of benzene rings is 2. The molecule has 1 aliphatic rings. The van der Waals surface area contributed by atoms with Crippen LogP contribution in [0.2, 0.25) is 0 Å². The summed E-state index contributed by atoms with van der Waals surface area (Å²) < 4.78 is 10.7. The third-order valence-electron chi connectivity index (χ3n) is 4.16. The van der Waals surface area contributed by atoms with E-state index in [2.05, 4.69) is 52.9 Å². The number of hydrogen-bond donors (Lipinski definition) is 2. The van der Waals surface area contributed by atoms with Gasteiger partial charge in [-0.05, 0) is 43.0 Å². The van der Waals surface area contributed by atoms with Crippen LogP contribution in [0.1, 0.15) is 16.7 Å². The largest absolute Gasteiger partial charge is 0.454 e. The number of aliphatic imine (C=N–C) groups is 1. The normalized spacial score (nSPS) is 13.0. The maximum absolute atomic E-state index is 5.41. The molecule has 0 bridgehead atoms. The summed E-state index contributed by atoms with van der Waals surface area (Å²) in [5.41, 5.74) is 3.85. The molecule has 2 N–H and O–H groups in total. The van der Waals surface area contributed by atoms with Crippen molar-refractivity contribution >= 4 is 5.96 Å². The molecular weight excluding hydrogens is 314 g/mol. The Morgan fingerprint density at radius 2 is 1.68 bits per heavy atom. The van der Waals surface area contributed by atoms with E-state index >= 15 is 0 Å². The van der Waals surface area contributed by atoms with Crippen molar-refractivity contribution in [3.8, 4) is 11.5 Å². The summed E-state index contributed by atoms with van der Waals surface area (Å²) in [6.07, 6.45) is 1.87. The van der Waals surface area contributed by atoms with Gasteiger partial charge in [-0.25, -0.2) is 0 Å². The van der Waals surface area contributed by atoms with Crippen molar-refractivity contribution in [3.05, 3.63) is 59.2 Å². The zero-order valence-electron chi connectivity index (χ0n) is 14.8. The molecule has 2 aromatic rings. The predicted molar refractivity (Wildman–Crippen MR) is 101 cm³/mol. The van der Waals surface area contributed by atoms with E-state index in [0.29, 0.717) is 6.79 Å². The molecule has 132 valence electrons. The van der Waals surface area contributed by atoms with E-state index in [1.165, 1.54) is 16.7 Å². The molecule has 3 rings (SSSR count). The first-order valence-electron chi connectivity index (χ1n) is 8.63. The summed E-state index contributed by atoms with van der Waals surface area (Å²) in [7, 11) is 1.79. The van der Waals surface area contributed by atoms with Crippen LogP contribution in [0, 0.1) is 6.92 Å². The van der Waals surface area contributed by atoms with Crippen LogP contribution >= 0.6 is 0 Å². The topological polar surface area (TPSA) is 54.9 Å². The van der Waals surface area contributed by atoms with E-state index in [0.717, 1.165) is 43.4 Å². The molecule has 1 heterocycles. The Kier molecular flexibility index (Phi) is 5.77. The van der Waals surface area contributed by atoms with Gasteiger partial charge in [0, 0.05) is 20.1 Å². The number of nitrogens with one attached hydrogen (secondary N) is 2. The molecule has 0 spiro atoms. The second kappa shape index (κ2) is 8.42. The fourth-order valence-electron chi connectivity index (χ4n) is 2.84. The number of aryl methyl sites for hydroxylation is 1. The fraction of sp³-hybridized carbons (Fsp3) is 0.350. The Balaban J connectivity index is 1.40. The molecule has 0 aliphatic carbocycles. The average molecular weight is 339 g/mol. The van der Waals surface area contributed by atoms with Crippen molar-refractivity contribution in [3.63, 3.8) is 0 Å². The summed E-state index contributed by atoms with van der Waals surface area (Å²) in [5.74, 6) is 2.48. The lowest BCUT2D eigenvalue weighted by Crippen LogP contribution is -2.39. The summed E-state index contributed by atoms with van der Waals surface area (Å²) in [4.78, 5) is 4.28. The molecular formula is C20H25N3O2. The summed E-state index contributed by atoms with van der Waals surface area (Å²) in [6, 6.07) is 14.7. The minimum Gasteiger partial charge on any atom is -0.454 e. The first-order valence-corrected chi connectivity index (χ1v) is 8.63. The van der Waals surface area contributed by atoms with Gasteiger partial charge < -0.3 is 20.1 Å². The minimum absolute atomic E-state index is 0.314. The number of fused-ring (bicyclic) bond motifs is 1. The monoisotopic (exact) mass is 339 g/mol. The maximum atomic E-state index is 5.41. The summed E-state index contributed by atoms with van der Waals surface area (Å²) >= 11 is 0. The number of ether oxygens (including phenoxy) is 2. The molecule has 0 saturated heterocycles. The third-order valence-corrected chi connectivity index (χ3v) is 4.16. The SMILES string of the molecule is CN=C(NCCc1cccc(C)c1)NCCc1ccc2c(c1)OCO2. The molecule has 0 amide bonds. The fourth-order valence-corrected chi connectivity index (χ4v) is 2.84. The molecule has 5 nitrogen and oxygen atoms in total. The Morgan fingerprint density at radius 3 is 2.40 bits per heavy atom. The molecule has 5 heteroatoms. The zero-order valence-corrected chi connectivity index (χ0v) is 14.8. The molecule has 1 aliphatic heterocycles. The van der Waals surface area contributed by atoms with Gasteiger partial charge in [-0.15, -0.1) is 0 Å². The lowest BCUT2D eigenvalue weighted by Gasteiger charge is -2.12. The molecule has 0 unspecified atom stereocenters. The van der Waals surface area contributed by atoms with Crippen LogP contribution in [0.3, 0.4) is 0 Å². The van der Waals surface area contributed by atoms with Crippen LogP contribution in [0.4, 0.5) is 0 Å². The summed E-state index contributed by atoms with van der Waals surface area (Å²) in [6.45, 7) is 4.10. The highest BCUT2D eigenvalue weighted by Gasteiger charge is 2.12. The van der Waals surface area contributed by atoms with Crippen molar-refractivity contribution in [2.45, 2.75) is 19.8 Å². The third kappa shape index (κ3) is 4.89. The second-order valence-electron chi connectivity index (χ2n) is 6.10. The van der Waals surface area contributed by atoms with Crippen molar-refractivity contribution < 1.29 is 9.47 Å². The van der Waals surface area contributed by atoms with Gasteiger partial charge in [-0.1, -0.05) is 35.9 Å². The van der Waals surface area contributed by atoms with Gasteiger partial charge >= 0.3 is 0 Å². The Labute approximate surface area is 149 Å². The Bertz CT molecular complexity index is 743. The van der Waals surface area contributed by atoms with Crippen LogP contribution in [0.15, 0.2) is 47.5 Å². The Hall–Kier alpha value is -2.69. The van der Waals surface area contributed by atoms with E-state index in [1.807, 2.05) is 12.1 Å². The van der Waals surface area contributed by atoms with Crippen LogP contribution in [0.5, 0.6) is 11.5 Å². The maximum Gasteiger partial charge on any atom is 0.231 e. The highest BCUT2D eigenvalue weighted by atomic mass is 16.7. The molecule has 0 radical (unpaired) electrons. The van der Waals surface area contributed by atoms with Crippen LogP contribution in [-0.4, -0.2) is 32.9 Å². The quantitative estimate of drug-likeness (QED) is 0.628. The molecule has 0 aromatic heterocycles. The number of hydrogen-bond acceptors (Lipinski definition) is 3. The predicted octanol–water partition coefficient (Wildman–Crippen LogP) is 2.67. The van der Waals surface area contributed by atoms with Gasteiger partial charge in [0.15, 0.2) is 17.5 Å². The van der Waals surface area contributed by atoms with E-state index < -0.39 is 0 Å². The van der Waals surface area contributed by atoms with E-state index in [9.17, 15) is 0 Å². The van der Waals surface area contributed by atoms with E-state index in [1.54, 1.807) is 7.05 Å². The highest BCUT2D eigenvalue weighted by Crippen LogP contribution is 2.32. The molecule has 2 aromatic carbocycles.